The number of para-hydroxylation sites is 1. The van der Waals surface area contributed by atoms with Crippen LogP contribution in [0.4, 0.5) is 5.69 Å². The zero-order chi connectivity index (χ0) is 12.9. The fourth-order valence-corrected chi connectivity index (χ4v) is 2.64. The standard InChI is InChI=1S/C17H20N2/c1-2-6-14(7-3-1)12-18-13-16-11-10-15-8-4-5-9-17(15)19-16/h1-9,16,18-19H,10-13H2. The quantitative estimate of drug-likeness (QED) is 0.873. The first-order valence-electron chi connectivity index (χ1n) is 7.01. The van der Waals surface area contributed by atoms with Crippen LogP contribution in [0.5, 0.6) is 0 Å². The fraction of sp³-hybridized carbons (Fsp3) is 0.294. The largest absolute Gasteiger partial charge is 0.381 e. The van der Waals surface area contributed by atoms with Gasteiger partial charge >= 0.3 is 0 Å². The molecule has 0 fully saturated rings. The Morgan fingerprint density at radius 3 is 2.68 bits per heavy atom. The molecule has 2 nitrogen and oxygen atoms in total. The lowest BCUT2D eigenvalue weighted by Gasteiger charge is -2.27. The first-order chi connectivity index (χ1) is 9.42. The highest BCUT2D eigenvalue weighted by Crippen LogP contribution is 2.23. The zero-order valence-corrected chi connectivity index (χ0v) is 11.1. The lowest BCUT2D eigenvalue weighted by Crippen LogP contribution is -2.35. The number of nitrogens with one attached hydrogen (secondary N) is 2. The van der Waals surface area contributed by atoms with Crippen molar-refractivity contribution in [2.24, 2.45) is 0 Å². The van der Waals surface area contributed by atoms with E-state index < -0.39 is 0 Å². The Morgan fingerprint density at radius 2 is 1.79 bits per heavy atom. The Kier molecular flexibility index (Phi) is 3.80. The molecule has 2 heteroatoms. The molecule has 0 spiro atoms. The molecule has 0 saturated carbocycles. The van der Waals surface area contributed by atoms with Gasteiger partial charge in [0.05, 0.1) is 0 Å². The van der Waals surface area contributed by atoms with Crippen LogP contribution in [0.2, 0.25) is 0 Å². The molecule has 98 valence electrons. The molecule has 1 atom stereocenters. The third kappa shape index (κ3) is 3.15. The molecule has 0 bridgehead atoms. The second kappa shape index (κ2) is 5.89. The highest BCUT2D eigenvalue weighted by molar-refractivity contribution is 5.53. The normalized spacial score (nSPS) is 17.6. The number of aryl methyl sites for hydroxylation is 1. The van der Waals surface area contributed by atoms with Crippen LogP contribution in [0.25, 0.3) is 0 Å². The van der Waals surface area contributed by atoms with Gasteiger partial charge in [-0.2, -0.15) is 0 Å². The van der Waals surface area contributed by atoms with Crippen molar-refractivity contribution in [1.82, 2.24) is 5.32 Å². The van der Waals surface area contributed by atoms with Gasteiger partial charge in [-0.05, 0) is 30.0 Å². The van der Waals surface area contributed by atoms with Crippen LogP contribution in [0, 0.1) is 0 Å². The summed E-state index contributed by atoms with van der Waals surface area (Å²) in [6.45, 7) is 1.96. The molecule has 1 aliphatic heterocycles. The number of fused-ring (bicyclic) bond motifs is 1. The SMILES string of the molecule is c1ccc(CNCC2CCc3ccccc3N2)cc1. The molecule has 19 heavy (non-hydrogen) atoms. The van der Waals surface area contributed by atoms with Crippen LogP contribution >= 0.6 is 0 Å². The number of hydrogen-bond acceptors (Lipinski definition) is 2. The zero-order valence-electron chi connectivity index (χ0n) is 11.1. The fourth-order valence-electron chi connectivity index (χ4n) is 2.64. The summed E-state index contributed by atoms with van der Waals surface area (Å²) < 4.78 is 0. The second-order valence-corrected chi connectivity index (χ2v) is 5.15. The highest BCUT2D eigenvalue weighted by Gasteiger charge is 2.16. The average Bonchev–Trinajstić information content (AvgIpc) is 2.48. The summed E-state index contributed by atoms with van der Waals surface area (Å²) in [5.74, 6) is 0. The molecule has 3 rings (SSSR count). The van der Waals surface area contributed by atoms with E-state index in [0.29, 0.717) is 6.04 Å². The van der Waals surface area contributed by atoms with Crippen molar-refractivity contribution < 1.29 is 0 Å². The highest BCUT2D eigenvalue weighted by atomic mass is 15.0. The van der Waals surface area contributed by atoms with Crippen molar-refractivity contribution in [2.75, 3.05) is 11.9 Å². The molecule has 2 aromatic carbocycles. The Labute approximate surface area is 114 Å². The summed E-state index contributed by atoms with van der Waals surface area (Å²) in [4.78, 5) is 0. The third-order valence-electron chi connectivity index (χ3n) is 3.70. The summed E-state index contributed by atoms with van der Waals surface area (Å²) in [7, 11) is 0. The van der Waals surface area contributed by atoms with E-state index >= 15 is 0 Å². The van der Waals surface area contributed by atoms with Gasteiger partial charge in [-0.3, -0.25) is 0 Å². The van der Waals surface area contributed by atoms with Gasteiger partial charge in [-0.25, -0.2) is 0 Å². The average molecular weight is 252 g/mol. The number of benzene rings is 2. The van der Waals surface area contributed by atoms with Gasteiger partial charge in [0.2, 0.25) is 0 Å². The summed E-state index contributed by atoms with van der Waals surface area (Å²) in [5.41, 5.74) is 4.10. The van der Waals surface area contributed by atoms with Crippen molar-refractivity contribution >= 4 is 5.69 Å². The molecule has 0 saturated heterocycles. The van der Waals surface area contributed by atoms with Crippen LogP contribution in [-0.2, 0) is 13.0 Å². The van der Waals surface area contributed by atoms with Crippen LogP contribution in [0.15, 0.2) is 54.6 Å². The molecule has 2 N–H and O–H groups in total. The summed E-state index contributed by atoms with van der Waals surface area (Å²) >= 11 is 0. The van der Waals surface area contributed by atoms with E-state index in [1.165, 1.54) is 29.7 Å². The van der Waals surface area contributed by atoms with Crippen LogP contribution in [0.3, 0.4) is 0 Å². The predicted octanol–water partition coefficient (Wildman–Crippen LogP) is 3.20. The maximum absolute atomic E-state index is 3.62. The third-order valence-corrected chi connectivity index (χ3v) is 3.70. The van der Waals surface area contributed by atoms with Crippen LogP contribution in [0.1, 0.15) is 17.5 Å². The maximum Gasteiger partial charge on any atom is 0.0389 e. The van der Waals surface area contributed by atoms with Crippen LogP contribution < -0.4 is 10.6 Å². The van der Waals surface area contributed by atoms with Gasteiger partial charge in [0.25, 0.3) is 0 Å². The predicted molar refractivity (Wildman–Crippen MR) is 80.3 cm³/mol. The van der Waals surface area contributed by atoms with E-state index in [1.54, 1.807) is 0 Å². The molecule has 0 radical (unpaired) electrons. The van der Waals surface area contributed by atoms with Gasteiger partial charge in [0.15, 0.2) is 0 Å². The topological polar surface area (TPSA) is 24.1 Å². The monoisotopic (exact) mass is 252 g/mol. The molecule has 0 aromatic heterocycles. The van der Waals surface area contributed by atoms with Crippen molar-refractivity contribution in [3.05, 3.63) is 65.7 Å². The van der Waals surface area contributed by atoms with E-state index in [1.807, 2.05) is 0 Å². The molecule has 1 unspecified atom stereocenters. The summed E-state index contributed by atoms with van der Waals surface area (Å²) in [6, 6.07) is 19.7. The first-order valence-corrected chi connectivity index (χ1v) is 7.01. The Balaban J connectivity index is 1.50. The van der Waals surface area contributed by atoms with Crippen molar-refractivity contribution in [1.29, 1.82) is 0 Å². The molecule has 0 amide bonds. The van der Waals surface area contributed by atoms with Gasteiger partial charge in [-0.15, -0.1) is 0 Å². The lowest BCUT2D eigenvalue weighted by molar-refractivity contribution is 0.559. The Hall–Kier alpha value is -1.80. The minimum absolute atomic E-state index is 0.540. The van der Waals surface area contributed by atoms with Gasteiger partial charge in [-0.1, -0.05) is 48.5 Å². The Bertz CT molecular complexity index is 522. The van der Waals surface area contributed by atoms with Gasteiger partial charge in [0, 0.05) is 24.8 Å². The van der Waals surface area contributed by atoms with Crippen LogP contribution in [-0.4, -0.2) is 12.6 Å². The first kappa shape index (κ1) is 12.2. The van der Waals surface area contributed by atoms with Crippen molar-refractivity contribution in [3.8, 4) is 0 Å². The molecule has 1 aliphatic rings. The lowest BCUT2D eigenvalue weighted by atomic mass is 9.98. The van der Waals surface area contributed by atoms with E-state index in [-0.39, 0.29) is 0 Å². The van der Waals surface area contributed by atoms with E-state index in [0.717, 1.165) is 13.1 Å². The molecule has 1 heterocycles. The maximum atomic E-state index is 3.62. The number of anilines is 1. The van der Waals surface area contributed by atoms with Crippen molar-refractivity contribution in [2.45, 2.75) is 25.4 Å². The van der Waals surface area contributed by atoms with Crippen molar-refractivity contribution in [3.63, 3.8) is 0 Å². The summed E-state index contributed by atoms with van der Waals surface area (Å²) in [6.07, 6.45) is 2.39. The van der Waals surface area contributed by atoms with E-state index in [4.69, 9.17) is 0 Å². The molecule has 2 aromatic rings. The minimum Gasteiger partial charge on any atom is -0.381 e. The number of hydrogen-bond donors (Lipinski definition) is 2. The van der Waals surface area contributed by atoms with Gasteiger partial charge in [0.1, 0.15) is 0 Å². The van der Waals surface area contributed by atoms with E-state index in [9.17, 15) is 0 Å². The summed E-state index contributed by atoms with van der Waals surface area (Å²) in [5, 5.41) is 7.16. The molecular formula is C17H20N2. The number of rotatable bonds is 4. The molecule has 0 aliphatic carbocycles. The van der Waals surface area contributed by atoms with E-state index in [2.05, 4.69) is 65.2 Å². The Morgan fingerprint density at radius 1 is 1.00 bits per heavy atom. The second-order valence-electron chi connectivity index (χ2n) is 5.15. The van der Waals surface area contributed by atoms with Gasteiger partial charge < -0.3 is 10.6 Å². The smallest absolute Gasteiger partial charge is 0.0389 e. The molecular weight excluding hydrogens is 232 g/mol. The minimum atomic E-state index is 0.540.